The van der Waals surface area contributed by atoms with Crippen molar-refractivity contribution in [1.82, 2.24) is 14.9 Å². The molecule has 1 fully saturated rings. The van der Waals surface area contributed by atoms with Crippen LogP contribution in [-0.4, -0.2) is 48.2 Å². The molecule has 0 saturated carbocycles. The largest absolute Gasteiger partial charge is 0.493 e. The van der Waals surface area contributed by atoms with Crippen molar-refractivity contribution >= 4 is 22.5 Å². The number of methoxy groups -OCH3 is 1. The maximum atomic E-state index is 6.34. The molecule has 0 N–H and O–H groups in total. The van der Waals surface area contributed by atoms with Gasteiger partial charge in [0.05, 0.1) is 18.3 Å². The third-order valence-corrected chi connectivity index (χ3v) is 5.40. The molecule has 1 aliphatic heterocycles. The fourth-order valence-electron chi connectivity index (χ4n) is 3.50. The molecule has 0 bridgehead atoms. The van der Waals surface area contributed by atoms with Gasteiger partial charge in [-0.1, -0.05) is 11.6 Å². The first-order chi connectivity index (χ1) is 13.2. The number of nitrogens with zero attached hydrogens (tertiary/aromatic N) is 3. The molecule has 0 amide bonds. The van der Waals surface area contributed by atoms with Crippen LogP contribution in [0.1, 0.15) is 12.8 Å². The van der Waals surface area contributed by atoms with Crippen LogP contribution in [0.3, 0.4) is 0 Å². The average molecular weight is 384 g/mol. The second-order valence-corrected chi connectivity index (χ2v) is 7.18. The molecule has 6 heteroatoms. The van der Waals surface area contributed by atoms with Gasteiger partial charge in [0.25, 0.3) is 0 Å². The molecule has 3 aromatic rings. The van der Waals surface area contributed by atoms with E-state index in [1.807, 2.05) is 36.4 Å². The third kappa shape index (κ3) is 3.70. The maximum absolute atomic E-state index is 6.34. The van der Waals surface area contributed by atoms with Gasteiger partial charge in [-0.2, -0.15) is 0 Å². The lowest BCUT2D eigenvalue weighted by Gasteiger charge is -2.20. The summed E-state index contributed by atoms with van der Waals surface area (Å²) in [5.74, 6) is 1.43. The van der Waals surface area contributed by atoms with Crippen LogP contribution in [0.2, 0.25) is 5.15 Å². The minimum atomic E-state index is 0.444. The number of likely N-dealkylation sites (N-methyl/N-ethyl adjacent to an activating group) is 1. The summed E-state index contributed by atoms with van der Waals surface area (Å²) in [5, 5.41) is 1.29. The lowest BCUT2D eigenvalue weighted by Crippen LogP contribution is -2.30. The number of pyridine rings is 2. The highest BCUT2D eigenvalue weighted by atomic mass is 35.5. The summed E-state index contributed by atoms with van der Waals surface area (Å²) in [7, 11) is 3.79. The Labute approximate surface area is 163 Å². The van der Waals surface area contributed by atoms with Crippen molar-refractivity contribution in [3.05, 3.63) is 47.7 Å². The zero-order chi connectivity index (χ0) is 18.8. The van der Waals surface area contributed by atoms with Crippen LogP contribution >= 0.6 is 11.6 Å². The molecule has 1 saturated heterocycles. The highest BCUT2D eigenvalue weighted by Crippen LogP contribution is 2.34. The molecule has 1 unspecified atom stereocenters. The Kier molecular flexibility index (Phi) is 5.14. The van der Waals surface area contributed by atoms with E-state index in [9.17, 15) is 0 Å². The normalized spacial score (nSPS) is 17.4. The zero-order valence-electron chi connectivity index (χ0n) is 15.5. The quantitative estimate of drug-likeness (QED) is 0.610. The molecular weight excluding hydrogens is 362 g/mol. The van der Waals surface area contributed by atoms with E-state index in [1.54, 1.807) is 13.3 Å². The molecule has 5 nitrogen and oxygen atoms in total. The van der Waals surface area contributed by atoms with Gasteiger partial charge >= 0.3 is 0 Å². The standard InChI is InChI=1S/C21H22ClN3O2/c1-25-10-4-5-15(25)13-27-19-8-7-14(11-20(19)26-2)17-12-18-16(21(22)24-17)6-3-9-23-18/h3,6-9,11-12,15H,4-5,10,13H2,1-2H3. The van der Waals surface area contributed by atoms with Crippen LogP contribution in [0.4, 0.5) is 0 Å². The molecule has 3 heterocycles. The van der Waals surface area contributed by atoms with Crippen molar-refractivity contribution in [1.29, 1.82) is 0 Å². The molecule has 1 atom stereocenters. The summed E-state index contributed by atoms with van der Waals surface area (Å²) in [4.78, 5) is 11.2. The summed E-state index contributed by atoms with van der Waals surface area (Å²) in [6.45, 7) is 1.79. The molecule has 0 radical (unpaired) electrons. The summed E-state index contributed by atoms with van der Waals surface area (Å²) in [5.41, 5.74) is 2.48. The van der Waals surface area contributed by atoms with E-state index in [1.165, 1.54) is 12.8 Å². The third-order valence-electron chi connectivity index (χ3n) is 5.11. The van der Waals surface area contributed by atoms with Crippen LogP contribution < -0.4 is 9.47 Å². The van der Waals surface area contributed by atoms with Gasteiger partial charge in [0.2, 0.25) is 0 Å². The van der Waals surface area contributed by atoms with Crippen molar-refractivity contribution in [3.63, 3.8) is 0 Å². The van der Waals surface area contributed by atoms with Gasteiger partial charge in [-0.05, 0) is 62.8 Å². The molecule has 4 rings (SSSR count). The van der Waals surface area contributed by atoms with Crippen LogP contribution in [0.5, 0.6) is 11.5 Å². The van der Waals surface area contributed by atoms with Crippen molar-refractivity contribution in [2.75, 3.05) is 27.3 Å². The fraction of sp³-hybridized carbons (Fsp3) is 0.333. The molecule has 0 aliphatic carbocycles. The number of ether oxygens (including phenoxy) is 2. The molecule has 2 aromatic heterocycles. The number of hydrogen-bond acceptors (Lipinski definition) is 5. The van der Waals surface area contributed by atoms with Crippen LogP contribution in [0, 0.1) is 0 Å². The van der Waals surface area contributed by atoms with Gasteiger partial charge in [-0.3, -0.25) is 4.98 Å². The number of aromatic nitrogens is 2. The number of halogens is 1. The minimum absolute atomic E-state index is 0.444. The van der Waals surface area contributed by atoms with Gasteiger partial charge in [0, 0.05) is 23.2 Å². The van der Waals surface area contributed by atoms with E-state index in [0.29, 0.717) is 23.6 Å². The Hall–Kier alpha value is -2.37. The van der Waals surface area contributed by atoms with E-state index in [-0.39, 0.29) is 0 Å². The summed E-state index contributed by atoms with van der Waals surface area (Å²) in [6.07, 6.45) is 4.15. The van der Waals surface area contributed by atoms with E-state index in [2.05, 4.69) is 21.9 Å². The molecule has 140 valence electrons. The maximum Gasteiger partial charge on any atom is 0.161 e. The first kappa shape index (κ1) is 18.0. The number of likely N-dealkylation sites (tertiary alicyclic amines) is 1. The predicted octanol–water partition coefficient (Wildman–Crippen LogP) is 4.43. The summed E-state index contributed by atoms with van der Waals surface area (Å²) in [6, 6.07) is 12.0. The van der Waals surface area contributed by atoms with Gasteiger partial charge in [-0.25, -0.2) is 4.98 Å². The monoisotopic (exact) mass is 383 g/mol. The van der Waals surface area contributed by atoms with Crippen molar-refractivity contribution in [2.45, 2.75) is 18.9 Å². The first-order valence-corrected chi connectivity index (χ1v) is 9.46. The average Bonchev–Trinajstić information content (AvgIpc) is 3.11. The Bertz CT molecular complexity index is 963. The highest BCUT2D eigenvalue weighted by Gasteiger charge is 2.22. The Morgan fingerprint density at radius 3 is 2.89 bits per heavy atom. The van der Waals surface area contributed by atoms with Gasteiger partial charge in [0.1, 0.15) is 11.8 Å². The molecule has 1 aliphatic rings. The highest BCUT2D eigenvalue weighted by molar-refractivity contribution is 6.34. The lowest BCUT2D eigenvalue weighted by atomic mass is 10.1. The predicted molar refractivity (Wildman–Crippen MR) is 108 cm³/mol. The number of benzene rings is 1. The second kappa shape index (κ2) is 7.71. The lowest BCUT2D eigenvalue weighted by molar-refractivity contribution is 0.193. The fourth-order valence-corrected chi connectivity index (χ4v) is 3.76. The Morgan fingerprint density at radius 2 is 2.11 bits per heavy atom. The van der Waals surface area contributed by atoms with Crippen molar-refractivity contribution < 1.29 is 9.47 Å². The molecule has 0 spiro atoms. The summed E-state index contributed by atoms with van der Waals surface area (Å²) < 4.78 is 11.6. The molecule has 1 aromatic carbocycles. The van der Waals surface area contributed by atoms with Gasteiger partial charge < -0.3 is 14.4 Å². The Morgan fingerprint density at radius 1 is 1.22 bits per heavy atom. The van der Waals surface area contributed by atoms with E-state index < -0.39 is 0 Å². The van der Waals surface area contributed by atoms with Crippen molar-refractivity contribution in [3.8, 4) is 22.8 Å². The smallest absolute Gasteiger partial charge is 0.161 e. The van der Waals surface area contributed by atoms with E-state index in [4.69, 9.17) is 21.1 Å². The second-order valence-electron chi connectivity index (χ2n) is 6.82. The molecular formula is C21H22ClN3O2. The molecule has 27 heavy (non-hydrogen) atoms. The Balaban J connectivity index is 1.61. The number of hydrogen-bond donors (Lipinski definition) is 0. The SMILES string of the molecule is COc1cc(-c2cc3ncccc3c(Cl)n2)ccc1OCC1CCCN1C. The van der Waals surface area contributed by atoms with Gasteiger partial charge in [-0.15, -0.1) is 0 Å². The first-order valence-electron chi connectivity index (χ1n) is 9.08. The van der Waals surface area contributed by atoms with Crippen LogP contribution in [0.25, 0.3) is 22.2 Å². The van der Waals surface area contributed by atoms with Crippen LogP contribution in [-0.2, 0) is 0 Å². The number of fused-ring (bicyclic) bond motifs is 1. The van der Waals surface area contributed by atoms with Crippen molar-refractivity contribution in [2.24, 2.45) is 0 Å². The topological polar surface area (TPSA) is 47.5 Å². The summed E-state index contributed by atoms with van der Waals surface area (Å²) >= 11 is 6.34. The van der Waals surface area contributed by atoms with E-state index >= 15 is 0 Å². The number of rotatable bonds is 5. The minimum Gasteiger partial charge on any atom is -0.493 e. The zero-order valence-corrected chi connectivity index (χ0v) is 16.2. The van der Waals surface area contributed by atoms with Crippen LogP contribution in [0.15, 0.2) is 42.6 Å². The van der Waals surface area contributed by atoms with Gasteiger partial charge in [0.15, 0.2) is 11.5 Å². The van der Waals surface area contributed by atoms with E-state index in [0.717, 1.165) is 34.5 Å².